The molecule has 0 spiro atoms. The van der Waals surface area contributed by atoms with Gasteiger partial charge in [0.2, 0.25) is 5.91 Å². The highest BCUT2D eigenvalue weighted by atomic mass is 32.1. The quantitative estimate of drug-likeness (QED) is 0.352. The molecule has 5 aromatic rings. The first-order chi connectivity index (χ1) is 15.8. The molecule has 0 bridgehead atoms. The van der Waals surface area contributed by atoms with Gasteiger partial charge in [0.05, 0.1) is 10.2 Å². The molecule has 4 nitrogen and oxygen atoms in total. The first-order valence-electron chi connectivity index (χ1n) is 11.1. The number of hydrogen-bond donors (Lipinski definition) is 1. The van der Waals surface area contributed by atoms with Crippen LogP contribution in [0.5, 0.6) is 0 Å². The Bertz CT molecular complexity index is 1410. The molecule has 0 saturated carbocycles. The van der Waals surface area contributed by atoms with Crippen LogP contribution in [0.15, 0.2) is 72.8 Å². The van der Waals surface area contributed by atoms with Gasteiger partial charge in [0.1, 0.15) is 11.6 Å². The summed E-state index contributed by atoms with van der Waals surface area (Å²) in [6.07, 6.45) is 4.58. The standard InChI is InChI=1S/C27H23N3OS/c31-26(17-30-23-10-4-1-7-20(23)21-8-2-5-11-24(21)30)28-19-15-13-18(14-16-19)27-29-22-9-3-6-12-25(22)32-27/h1,3-4,6-7,9-10,12-16H,2,5,8,11,17H2,(H,28,31). The van der Waals surface area contributed by atoms with Crippen LogP contribution in [0.2, 0.25) is 0 Å². The fraction of sp³-hybridized carbons (Fsp3) is 0.185. The van der Waals surface area contributed by atoms with Gasteiger partial charge in [-0.05, 0) is 73.7 Å². The Labute approximate surface area is 190 Å². The molecule has 158 valence electrons. The number of carbonyl (C=O) groups is 1. The summed E-state index contributed by atoms with van der Waals surface area (Å²) < 4.78 is 3.40. The van der Waals surface area contributed by atoms with Crippen molar-refractivity contribution in [2.75, 3.05) is 5.32 Å². The molecule has 0 atom stereocenters. The number of nitrogens with one attached hydrogen (secondary N) is 1. The summed E-state index contributed by atoms with van der Waals surface area (Å²) in [6.45, 7) is 0.343. The van der Waals surface area contributed by atoms with Gasteiger partial charge in [0.25, 0.3) is 0 Å². The van der Waals surface area contributed by atoms with Crippen molar-refractivity contribution in [1.82, 2.24) is 9.55 Å². The molecular weight excluding hydrogens is 414 g/mol. The predicted molar refractivity (Wildman–Crippen MR) is 132 cm³/mol. The van der Waals surface area contributed by atoms with Crippen molar-refractivity contribution in [2.45, 2.75) is 32.2 Å². The molecule has 2 aromatic heterocycles. The molecule has 1 N–H and O–H groups in total. The van der Waals surface area contributed by atoms with Gasteiger partial charge in [-0.25, -0.2) is 4.98 Å². The minimum absolute atomic E-state index is 0.00636. The molecular formula is C27H23N3OS. The zero-order valence-electron chi connectivity index (χ0n) is 17.7. The minimum Gasteiger partial charge on any atom is -0.335 e. The van der Waals surface area contributed by atoms with E-state index in [1.165, 1.54) is 39.7 Å². The topological polar surface area (TPSA) is 46.9 Å². The highest BCUT2D eigenvalue weighted by Gasteiger charge is 2.21. The largest absolute Gasteiger partial charge is 0.335 e. The SMILES string of the molecule is O=C(Cn1c2c(c3ccccc31)CCCC2)Nc1ccc(-c2nc3ccccc3s2)cc1. The van der Waals surface area contributed by atoms with Crippen molar-refractivity contribution in [3.05, 3.63) is 84.1 Å². The van der Waals surface area contributed by atoms with Gasteiger partial charge in [-0.1, -0.05) is 30.3 Å². The van der Waals surface area contributed by atoms with E-state index in [0.717, 1.165) is 34.6 Å². The fourth-order valence-corrected chi connectivity index (χ4v) is 5.77. The number of aryl methyl sites for hydroxylation is 1. The van der Waals surface area contributed by atoms with Gasteiger partial charge in [-0.2, -0.15) is 0 Å². The van der Waals surface area contributed by atoms with E-state index in [1.54, 1.807) is 11.3 Å². The maximum absolute atomic E-state index is 12.9. The molecule has 1 aliphatic carbocycles. The average molecular weight is 438 g/mol. The molecule has 3 aromatic carbocycles. The molecule has 0 fully saturated rings. The second-order valence-electron chi connectivity index (χ2n) is 8.35. The van der Waals surface area contributed by atoms with E-state index in [0.29, 0.717) is 6.54 Å². The van der Waals surface area contributed by atoms with Crippen LogP contribution in [0.1, 0.15) is 24.1 Å². The van der Waals surface area contributed by atoms with Crippen LogP contribution in [0, 0.1) is 0 Å². The van der Waals surface area contributed by atoms with E-state index in [9.17, 15) is 4.79 Å². The van der Waals surface area contributed by atoms with Gasteiger partial charge >= 0.3 is 0 Å². The van der Waals surface area contributed by atoms with Crippen molar-refractivity contribution in [2.24, 2.45) is 0 Å². The third kappa shape index (κ3) is 3.39. The number of hydrogen-bond acceptors (Lipinski definition) is 3. The van der Waals surface area contributed by atoms with E-state index >= 15 is 0 Å². The number of anilines is 1. The van der Waals surface area contributed by atoms with Crippen LogP contribution in [0.3, 0.4) is 0 Å². The number of carbonyl (C=O) groups excluding carboxylic acids is 1. The van der Waals surface area contributed by atoms with Crippen molar-refractivity contribution >= 4 is 44.1 Å². The number of aromatic nitrogens is 2. The predicted octanol–water partition coefficient (Wildman–Crippen LogP) is 6.44. The molecule has 32 heavy (non-hydrogen) atoms. The Morgan fingerprint density at radius 2 is 1.72 bits per heavy atom. The molecule has 0 unspecified atom stereocenters. The summed E-state index contributed by atoms with van der Waals surface area (Å²) in [5.41, 5.74) is 6.83. The summed E-state index contributed by atoms with van der Waals surface area (Å²) in [7, 11) is 0. The summed E-state index contributed by atoms with van der Waals surface area (Å²) >= 11 is 1.69. The number of benzene rings is 3. The van der Waals surface area contributed by atoms with Gasteiger partial charge in [0, 0.05) is 27.8 Å². The molecule has 1 aliphatic rings. The lowest BCUT2D eigenvalue weighted by molar-refractivity contribution is -0.116. The van der Waals surface area contributed by atoms with E-state index in [2.05, 4.69) is 40.2 Å². The number of para-hydroxylation sites is 2. The number of amides is 1. The van der Waals surface area contributed by atoms with E-state index in [-0.39, 0.29) is 5.91 Å². The van der Waals surface area contributed by atoms with E-state index in [4.69, 9.17) is 4.98 Å². The zero-order valence-corrected chi connectivity index (χ0v) is 18.5. The monoisotopic (exact) mass is 437 g/mol. The lowest BCUT2D eigenvalue weighted by Crippen LogP contribution is -2.20. The molecule has 6 rings (SSSR count). The van der Waals surface area contributed by atoms with Gasteiger partial charge < -0.3 is 9.88 Å². The second kappa shape index (κ2) is 7.92. The van der Waals surface area contributed by atoms with Gasteiger partial charge in [-0.3, -0.25) is 4.79 Å². The first kappa shape index (κ1) is 19.3. The van der Waals surface area contributed by atoms with Gasteiger partial charge in [0.15, 0.2) is 0 Å². The fourth-order valence-electron chi connectivity index (χ4n) is 4.80. The molecule has 0 saturated heterocycles. The highest BCUT2D eigenvalue weighted by molar-refractivity contribution is 7.21. The average Bonchev–Trinajstić information content (AvgIpc) is 3.40. The zero-order chi connectivity index (χ0) is 21.5. The Kier molecular flexibility index (Phi) is 4.76. The molecule has 0 radical (unpaired) electrons. The summed E-state index contributed by atoms with van der Waals surface area (Å²) in [4.78, 5) is 17.7. The van der Waals surface area contributed by atoms with Crippen LogP contribution < -0.4 is 5.32 Å². The number of thiazole rings is 1. The van der Waals surface area contributed by atoms with Crippen molar-refractivity contribution in [1.29, 1.82) is 0 Å². The molecule has 0 aliphatic heterocycles. The first-order valence-corrected chi connectivity index (χ1v) is 11.9. The van der Waals surface area contributed by atoms with E-state index < -0.39 is 0 Å². The van der Waals surface area contributed by atoms with Crippen molar-refractivity contribution in [3.63, 3.8) is 0 Å². The van der Waals surface area contributed by atoms with Crippen LogP contribution in [0.25, 0.3) is 31.7 Å². The minimum atomic E-state index is 0.00636. The Balaban J connectivity index is 1.22. The van der Waals surface area contributed by atoms with E-state index in [1.807, 2.05) is 42.5 Å². The molecule has 1 amide bonds. The van der Waals surface area contributed by atoms with Crippen molar-refractivity contribution in [3.8, 4) is 10.6 Å². The Hall–Kier alpha value is -3.44. The molecule has 5 heteroatoms. The summed E-state index contributed by atoms with van der Waals surface area (Å²) in [5, 5.41) is 5.38. The maximum atomic E-state index is 12.9. The Morgan fingerprint density at radius 3 is 2.59 bits per heavy atom. The van der Waals surface area contributed by atoms with Crippen LogP contribution in [-0.2, 0) is 24.2 Å². The number of nitrogens with zero attached hydrogens (tertiary/aromatic N) is 2. The lowest BCUT2D eigenvalue weighted by Gasteiger charge is -2.16. The van der Waals surface area contributed by atoms with Gasteiger partial charge in [-0.15, -0.1) is 11.3 Å². The third-order valence-corrected chi connectivity index (χ3v) is 7.38. The van der Waals surface area contributed by atoms with Crippen LogP contribution in [0.4, 0.5) is 5.69 Å². The number of rotatable bonds is 4. The van der Waals surface area contributed by atoms with Crippen LogP contribution in [-0.4, -0.2) is 15.5 Å². The normalized spacial score (nSPS) is 13.4. The molecule has 2 heterocycles. The second-order valence-corrected chi connectivity index (χ2v) is 9.38. The number of fused-ring (bicyclic) bond motifs is 4. The van der Waals surface area contributed by atoms with Crippen LogP contribution >= 0.6 is 11.3 Å². The van der Waals surface area contributed by atoms with Crippen molar-refractivity contribution < 1.29 is 4.79 Å². The summed E-state index contributed by atoms with van der Waals surface area (Å²) in [5.74, 6) is 0.00636. The smallest absolute Gasteiger partial charge is 0.244 e. The third-order valence-electron chi connectivity index (χ3n) is 6.30. The lowest BCUT2D eigenvalue weighted by atomic mass is 9.96. The highest BCUT2D eigenvalue weighted by Crippen LogP contribution is 2.33. The summed E-state index contributed by atoms with van der Waals surface area (Å²) in [6, 6.07) is 24.6. The Morgan fingerprint density at radius 1 is 0.938 bits per heavy atom. The maximum Gasteiger partial charge on any atom is 0.244 e.